The summed E-state index contributed by atoms with van der Waals surface area (Å²) in [4.78, 5) is 0. The van der Waals surface area contributed by atoms with Gasteiger partial charge in [-0.2, -0.15) is 0 Å². The van der Waals surface area contributed by atoms with E-state index >= 15 is 0 Å². The fraction of sp³-hybridized carbons (Fsp3) is 0.385. The summed E-state index contributed by atoms with van der Waals surface area (Å²) in [6, 6.07) is 0. The van der Waals surface area contributed by atoms with Gasteiger partial charge in [-0.25, -0.2) is 0 Å². The van der Waals surface area contributed by atoms with E-state index in [1.165, 1.54) is 19.3 Å². The van der Waals surface area contributed by atoms with Gasteiger partial charge in [0.05, 0.1) is 0 Å². The summed E-state index contributed by atoms with van der Waals surface area (Å²) in [6.07, 6.45) is 23.5. The molecule has 0 radical (unpaired) electrons. The Bertz CT molecular complexity index is 216. The van der Waals surface area contributed by atoms with Crippen LogP contribution in [0.3, 0.4) is 0 Å². The molecule has 0 heterocycles. The molecule has 0 saturated carbocycles. The van der Waals surface area contributed by atoms with Crippen molar-refractivity contribution in [2.45, 2.75) is 32.1 Å². The first-order valence-corrected chi connectivity index (χ1v) is 5.12. The van der Waals surface area contributed by atoms with Crippen LogP contribution in [0, 0.1) is 0 Å². The van der Waals surface area contributed by atoms with Crippen molar-refractivity contribution in [3.05, 3.63) is 48.6 Å². The molecule has 13 heavy (non-hydrogen) atoms. The highest BCUT2D eigenvalue weighted by atomic mass is 13.9. The van der Waals surface area contributed by atoms with E-state index in [0.29, 0.717) is 0 Å². The highest BCUT2D eigenvalue weighted by molar-refractivity contribution is 5.05. The molecule has 0 fully saturated rings. The predicted octanol–water partition coefficient (Wildman–Crippen LogP) is 4.18. The number of rotatable bonds is 0. The number of hydrogen-bond donors (Lipinski definition) is 0. The van der Waals surface area contributed by atoms with E-state index in [9.17, 15) is 0 Å². The molecule has 70 valence electrons. The summed E-state index contributed by atoms with van der Waals surface area (Å²) >= 11 is 0. The zero-order valence-corrected chi connectivity index (χ0v) is 8.15. The summed E-state index contributed by atoms with van der Waals surface area (Å²) in [6.45, 7) is 0. The predicted molar refractivity (Wildman–Crippen MR) is 59.6 cm³/mol. The Kier molecular flexibility index (Phi) is 5.87. The molecule has 0 unspecified atom stereocenters. The largest absolute Gasteiger partial charge is 0.0882 e. The Morgan fingerprint density at radius 2 is 1.00 bits per heavy atom. The summed E-state index contributed by atoms with van der Waals surface area (Å²) in [5.74, 6) is 0. The maximum atomic E-state index is 2.28. The molecule has 0 N–H and O–H groups in total. The fourth-order valence-corrected chi connectivity index (χ4v) is 1.25. The van der Waals surface area contributed by atoms with Crippen LogP contribution >= 0.6 is 0 Å². The van der Waals surface area contributed by atoms with Crippen molar-refractivity contribution >= 4 is 0 Å². The van der Waals surface area contributed by atoms with Crippen LogP contribution in [0.4, 0.5) is 0 Å². The summed E-state index contributed by atoms with van der Waals surface area (Å²) in [5.41, 5.74) is 0. The van der Waals surface area contributed by atoms with Crippen molar-refractivity contribution in [3.8, 4) is 0 Å². The summed E-state index contributed by atoms with van der Waals surface area (Å²) in [5, 5.41) is 0. The summed E-state index contributed by atoms with van der Waals surface area (Å²) < 4.78 is 0. The van der Waals surface area contributed by atoms with Gasteiger partial charge in [-0.15, -0.1) is 0 Å². The van der Waals surface area contributed by atoms with Gasteiger partial charge >= 0.3 is 0 Å². The quantitative estimate of drug-likeness (QED) is 0.483. The van der Waals surface area contributed by atoms with Gasteiger partial charge < -0.3 is 0 Å². The molecule has 0 aromatic rings. The second kappa shape index (κ2) is 7.60. The second-order valence-corrected chi connectivity index (χ2v) is 3.19. The van der Waals surface area contributed by atoms with E-state index in [0.717, 1.165) is 12.8 Å². The highest BCUT2D eigenvalue weighted by Gasteiger charge is 1.79. The van der Waals surface area contributed by atoms with Gasteiger partial charge in [-0.05, 0) is 32.1 Å². The van der Waals surface area contributed by atoms with Crippen molar-refractivity contribution in [3.63, 3.8) is 0 Å². The third kappa shape index (κ3) is 6.15. The van der Waals surface area contributed by atoms with Gasteiger partial charge in [0, 0.05) is 0 Å². The van der Waals surface area contributed by atoms with Crippen molar-refractivity contribution in [1.29, 1.82) is 0 Å². The standard InChI is InChI=1S/C13H18/c1-2-4-6-8-10-12-13-11-9-7-5-3-1/h1-4,7,9-10,12H,5-6,8,11,13H2/b3-1+,4-2+,9-7?,12-10+. The maximum Gasteiger partial charge on any atom is -0.0166 e. The van der Waals surface area contributed by atoms with E-state index < -0.39 is 0 Å². The van der Waals surface area contributed by atoms with Crippen LogP contribution in [-0.2, 0) is 0 Å². The third-order valence-corrected chi connectivity index (χ3v) is 1.99. The first-order chi connectivity index (χ1) is 6.50. The highest BCUT2D eigenvalue weighted by Crippen LogP contribution is 2.00. The minimum atomic E-state index is 1.06. The average Bonchev–Trinajstić information content (AvgIpc) is 2.18. The van der Waals surface area contributed by atoms with Crippen LogP contribution in [0.1, 0.15) is 32.1 Å². The Morgan fingerprint density at radius 3 is 1.77 bits per heavy atom. The minimum absolute atomic E-state index is 1.06. The molecule has 1 aliphatic rings. The van der Waals surface area contributed by atoms with Gasteiger partial charge in [0.15, 0.2) is 0 Å². The smallest absolute Gasteiger partial charge is 0.0166 e. The molecule has 0 atom stereocenters. The molecule has 0 aliphatic heterocycles. The van der Waals surface area contributed by atoms with E-state index in [4.69, 9.17) is 0 Å². The topological polar surface area (TPSA) is 0 Å². The Morgan fingerprint density at radius 1 is 0.462 bits per heavy atom. The van der Waals surface area contributed by atoms with Gasteiger partial charge in [-0.1, -0.05) is 48.6 Å². The van der Waals surface area contributed by atoms with Crippen LogP contribution in [0.5, 0.6) is 0 Å². The minimum Gasteiger partial charge on any atom is -0.0882 e. The lowest BCUT2D eigenvalue weighted by Crippen LogP contribution is -1.66. The fourth-order valence-electron chi connectivity index (χ4n) is 1.25. The lowest BCUT2D eigenvalue weighted by molar-refractivity contribution is 1.00. The normalized spacial score (nSPS) is 26.5. The van der Waals surface area contributed by atoms with Gasteiger partial charge in [0.2, 0.25) is 0 Å². The van der Waals surface area contributed by atoms with Crippen LogP contribution in [0.15, 0.2) is 48.6 Å². The van der Waals surface area contributed by atoms with Crippen LogP contribution in [0.2, 0.25) is 0 Å². The van der Waals surface area contributed by atoms with Gasteiger partial charge in [0.1, 0.15) is 0 Å². The third-order valence-electron chi connectivity index (χ3n) is 1.99. The molecule has 0 spiro atoms. The molecule has 0 aromatic carbocycles. The van der Waals surface area contributed by atoms with Crippen molar-refractivity contribution < 1.29 is 0 Å². The van der Waals surface area contributed by atoms with Gasteiger partial charge in [-0.3, -0.25) is 0 Å². The van der Waals surface area contributed by atoms with Crippen LogP contribution < -0.4 is 0 Å². The summed E-state index contributed by atoms with van der Waals surface area (Å²) in [7, 11) is 0. The van der Waals surface area contributed by atoms with E-state index in [1.807, 2.05) is 0 Å². The van der Waals surface area contributed by atoms with Crippen molar-refractivity contribution in [2.24, 2.45) is 0 Å². The molecule has 0 saturated heterocycles. The Balaban J connectivity index is 2.38. The second-order valence-electron chi connectivity index (χ2n) is 3.19. The lowest BCUT2D eigenvalue weighted by Gasteiger charge is -1.87. The lowest BCUT2D eigenvalue weighted by atomic mass is 10.2. The maximum absolute atomic E-state index is 2.28. The molecule has 0 amide bonds. The van der Waals surface area contributed by atoms with Crippen LogP contribution in [-0.4, -0.2) is 0 Å². The van der Waals surface area contributed by atoms with E-state index in [-0.39, 0.29) is 0 Å². The molecular formula is C13H18. The molecule has 1 aliphatic carbocycles. The van der Waals surface area contributed by atoms with Crippen LogP contribution in [0.25, 0.3) is 0 Å². The molecular weight excluding hydrogens is 156 g/mol. The zero-order valence-electron chi connectivity index (χ0n) is 8.15. The van der Waals surface area contributed by atoms with Gasteiger partial charge in [0.25, 0.3) is 0 Å². The van der Waals surface area contributed by atoms with E-state index in [1.54, 1.807) is 0 Å². The van der Waals surface area contributed by atoms with E-state index in [2.05, 4.69) is 48.6 Å². The van der Waals surface area contributed by atoms with Crippen molar-refractivity contribution in [1.82, 2.24) is 0 Å². The SMILES string of the molecule is C1=CCC/C=C/CC/C=C/C=C/C1. The Hall–Kier alpha value is -1.04. The zero-order chi connectivity index (χ0) is 9.19. The Labute approximate surface area is 81.4 Å². The number of hydrogen-bond acceptors (Lipinski definition) is 0. The molecule has 0 nitrogen and oxygen atoms in total. The monoisotopic (exact) mass is 174 g/mol. The first kappa shape index (κ1) is 10.0. The van der Waals surface area contributed by atoms with Crippen molar-refractivity contribution in [2.75, 3.05) is 0 Å². The molecule has 0 aromatic heterocycles. The molecule has 1 rings (SSSR count). The molecule has 0 heteroatoms. The first-order valence-electron chi connectivity index (χ1n) is 5.12. The average molecular weight is 174 g/mol. The number of allylic oxidation sites excluding steroid dienone is 8. The molecule has 0 bridgehead atoms.